The van der Waals surface area contributed by atoms with Gasteiger partial charge in [0.05, 0.1) is 17.6 Å². The number of amides is 1. The van der Waals surface area contributed by atoms with Crippen LogP contribution >= 0.6 is 11.3 Å². The second-order valence-electron chi connectivity index (χ2n) is 5.80. The monoisotopic (exact) mass is 360 g/mol. The highest BCUT2D eigenvalue weighted by molar-refractivity contribution is 7.17. The summed E-state index contributed by atoms with van der Waals surface area (Å²) in [6.07, 6.45) is 5.38. The maximum absolute atomic E-state index is 12.4. The highest BCUT2D eigenvalue weighted by atomic mass is 32.1. The molecule has 0 saturated carbocycles. The van der Waals surface area contributed by atoms with Gasteiger partial charge in [0.1, 0.15) is 0 Å². The van der Waals surface area contributed by atoms with E-state index in [4.69, 9.17) is 0 Å². The van der Waals surface area contributed by atoms with Crippen molar-refractivity contribution in [3.8, 4) is 5.69 Å². The molecule has 128 valence electrons. The lowest BCUT2D eigenvalue weighted by molar-refractivity contribution is 0.0957. The summed E-state index contributed by atoms with van der Waals surface area (Å²) in [5, 5.41) is 7.07. The van der Waals surface area contributed by atoms with Gasteiger partial charge in [0, 0.05) is 33.5 Å². The van der Waals surface area contributed by atoms with Crippen molar-refractivity contribution in [3.63, 3.8) is 0 Å². The van der Waals surface area contributed by atoms with E-state index < -0.39 is 0 Å². The summed E-state index contributed by atoms with van der Waals surface area (Å²) in [7, 11) is 0. The Kier molecular flexibility index (Phi) is 4.33. The zero-order valence-electron chi connectivity index (χ0n) is 14.1. The predicted molar refractivity (Wildman–Crippen MR) is 105 cm³/mol. The van der Waals surface area contributed by atoms with Crippen molar-refractivity contribution in [2.45, 2.75) is 6.92 Å². The number of hydrogen-bond acceptors (Lipinski definition) is 4. The van der Waals surface area contributed by atoms with Gasteiger partial charge < -0.3 is 4.57 Å². The van der Waals surface area contributed by atoms with Gasteiger partial charge in [-0.25, -0.2) is 10.4 Å². The summed E-state index contributed by atoms with van der Waals surface area (Å²) in [5.74, 6) is -0.197. The second-order valence-corrected chi connectivity index (χ2v) is 6.71. The third-order valence-corrected chi connectivity index (χ3v) is 5.10. The van der Waals surface area contributed by atoms with E-state index in [1.165, 1.54) is 0 Å². The Bertz CT molecular complexity index is 1080. The number of imidazole rings is 1. The van der Waals surface area contributed by atoms with Crippen LogP contribution < -0.4 is 5.43 Å². The molecule has 4 aromatic rings. The number of aromatic nitrogens is 2. The molecule has 0 radical (unpaired) electrons. The molecule has 4 rings (SSSR count). The lowest BCUT2D eigenvalue weighted by Crippen LogP contribution is -2.19. The van der Waals surface area contributed by atoms with E-state index in [1.54, 1.807) is 23.9 Å². The van der Waals surface area contributed by atoms with Crippen LogP contribution in [0, 0.1) is 0 Å². The number of nitrogens with zero attached hydrogens (tertiary/aromatic N) is 3. The minimum atomic E-state index is -0.197. The van der Waals surface area contributed by atoms with Crippen molar-refractivity contribution >= 4 is 33.0 Å². The van der Waals surface area contributed by atoms with Crippen LogP contribution in [0.15, 0.2) is 77.7 Å². The molecule has 0 unspecified atom stereocenters. The third kappa shape index (κ3) is 3.14. The average Bonchev–Trinajstić information content (AvgIpc) is 3.36. The molecule has 0 bridgehead atoms. The zero-order valence-corrected chi connectivity index (χ0v) is 14.9. The van der Waals surface area contributed by atoms with Crippen molar-refractivity contribution in [3.05, 3.63) is 83.8 Å². The standard InChI is InChI=1S/C20H16N4OS/c1-14(15-6-8-16(9-7-15)24-11-10-21-13-24)22-23-20(25)18-12-26-19-5-3-2-4-17(18)19/h2-13H,1H3,(H,23,25)/b22-14-. The van der Waals surface area contributed by atoms with Crippen LogP contribution in [0.4, 0.5) is 0 Å². The van der Waals surface area contributed by atoms with Crippen molar-refractivity contribution in [2.24, 2.45) is 5.10 Å². The van der Waals surface area contributed by atoms with Crippen LogP contribution in [0.1, 0.15) is 22.8 Å². The van der Waals surface area contributed by atoms with Crippen LogP contribution in [0.25, 0.3) is 15.8 Å². The maximum Gasteiger partial charge on any atom is 0.272 e. The Labute approximate surface area is 154 Å². The Hall–Kier alpha value is -3.25. The number of fused-ring (bicyclic) bond motifs is 1. The number of hydrogen-bond donors (Lipinski definition) is 1. The molecule has 5 nitrogen and oxygen atoms in total. The van der Waals surface area contributed by atoms with Crippen molar-refractivity contribution in [2.75, 3.05) is 0 Å². The lowest BCUT2D eigenvalue weighted by atomic mass is 10.1. The van der Waals surface area contributed by atoms with Crippen LogP contribution in [0.3, 0.4) is 0 Å². The van der Waals surface area contributed by atoms with E-state index in [0.717, 1.165) is 27.0 Å². The van der Waals surface area contributed by atoms with Gasteiger partial charge in [0.2, 0.25) is 0 Å². The molecule has 6 heteroatoms. The molecule has 0 aliphatic heterocycles. The molecule has 26 heavy (non-hydrogen) atoms. The fraction of sp³-hybridized carbons (Fsp3) is 0.0500. The molecule has 2 aromatic carbocycles. The smallest absolute Gasteiger partial charge is 0.272 e. The largest absolute Gasteiger partial charge is 0.306 e. The summed E-state index contributed by atoms with van der Waals surface area (Å²) < 4.78 is 3.02. The van der Waals surface area contributed by atoms with E-state index in [2.05, 4.69) is 15.5 Å². The molecule has 1 amide bonds. The first-order chi connectivity index (χ1) is 12.7. The molecule has 0 aliphatic carbocycles. The van der Waals surface area contributed by atoms with Crippen LogP contribution in [-0.2, 0) is 0 Å². The summed E-state index contributed by atoms with van der Waals surface area (Å²) in [6.45, 7) is 1.87. The van der Waals surface area contributed by atoms with Gasteiger partial charge >= 0.3 is 0 Å². The summed E-state index contributed by atoms with van der Waals surface area (Å²) in [4.78, 5) is 16.5. The topological polar surface area (TPSA) is 59.3 Å². The van der Waals surface area contributed by atoms with Gasteiger partial charge in [0.25, 0.3) is 5.91 Å². The normalized spacial score (nSPS) is 11.7. The van der Waals surface area contributed by atoms with Crippen LogP contribution in [0.5, 0.6) is 0 Å². The number of hydrazone groups is 1. The van der Waals surface area contributed by atoms with E-state index in [9.17, 15) is 4.79 Å². The van der Waals surface area contributed by atoms with Gasteiger partial charge in [-0.1, -0.05) is 30.3 Å². The fourth-order valence-corrected chi connectivity index (χ4v) is 3.64. The van der Waals surface area contributed by atoms with Gasteiger partial charge in [-0.15, -0.1) is 11.3 Å². The summed E-state index contributed by atoms with van der Waals surface area (Å²) in [5.41, 5.74) is 6.02. The minimum absolute atomic E-state index is 0.197. The van der Waals surface area contributed by atoms with Crippen LogP contribution in [0.2, 0.25) is 0 Å². The van der Waals surface area contributed by atoms with Gasteiger partial charge in [-0.2, -0.15) is 5.10 Å². The van der Waals surface area contributed by atoms with Crippen LogP contribution in [-0.4, -0.2) is 21.2 Å². The van der Waals surface area contributed by atoms with E-state index >= 15 is 0 Å². The summed E-state index contributed by atoms with van der Waals surface area (Å²) in [6, 6.07) is 15.8. The zero-order chi connectivity index (χ0) is 17.9. The minimum Gasteiger partial charge on any atom is -0.306 e. The number of nitrogens with one attached hydrogen (secondary N) is 1. The number of carbonyl (C=O) groups excluding carboxylic acids is 1. The number of carbonyl (C=O) groups is 1. The van der Waals surface area contributed by atoms with E-state index in [0.29, 0.717) is 5.56 Å². The van der Waals surface area contributed by atoms with E-state index in [1.807, 2.05) is 71.6 Å². The first-order valence-electron chi connectivity index (χ1n) is 8.12. The molecular weight excluding hydrogens is 344 g/mol. The lowest BCUT2D eigenvalue weighted by Gasteiger charge is -2.05. The number of rotatable bonds is 4. The maximum atomic E-state index is 12.4. The average molecular weight is 360 g/mol. The molecule has 1 N–H and O–H groups in total. The quantitative estimate of drug-likeness (QED) is 0.437. The molecular formula is C20H16N4OS. The Morgan fingerprint density at radius 3 is 2.73 bits per heavy atom. The number of benzene rings is 2. The van der Waals surface area contributed by atoms with Gasteiger partial charge in [-0.3, -0.25) is 4.79 Å². The molecule has 0 saturated heterocycles. The summed E-state index contributed by atoms with van der Waals surface area (Å²) >= 11 is 1.56. The first-order valence-corrected chi connectivity index (χ1v) is 9.00. The molecule has 0 aliphatic rings. The molecule has 2 heterocycles. The molecule has 0 fully saturated rings. The molecule has 2 aromatic heterocycles. The Morgan fingerprint density at radius 1 is 1.15 bits per heavy atom. The Morgan fingerprint density at radius 2 is 1.96 bits per heavy atom. The van der Waals surface area contributed by atoms with Crippen molar-refractivity contribution in [1.29, 1.82) is 0 Å². The van der Waals surface area contributed by atoms with Crippen molar-refractivity contribution in [1.82, 2.24) is 15.0 Å². The first kappa shape index (κ1) is 16.2. The van der Waals surface area contributed by atoms with E-state index in [-0.39, 0.29) is 5.91 Å². The highest BCUT2D eigenvalue weighted by Crippen LogP contribution is 2.25. The number of thiophene rings is 1. The predicted octanol–water partition coefficient (Wildman–Crippen LogP) is 4.24. The van der Waals surface area contributed by atoms with Gasteiger partial charge in [-0.05, 0) is 30.7 Å². The third-order valence-electron chi connectivity index (χ3n) is 4.14. The Balaban J connectivity index is 1.50. The molecule has 0 spiro atoms. The second kappa shape index (κ2) is 6.93. The highest BCUT2D eigenvalue weighted by Gasteiger charge is 2.11. The molecule has 0 atom stereocenters. The fourth-order valence-electron chi connectivity index (χ4n) is 2.70. The van der Waals surface area contributed by atoms with Gasteiger partial charge in [0.15, 0.2) is 0 Å². The SMILES string of the molecule is C/C(=N/NC(=O)c1csc2ccccc12)c1ccc(-n2ccnc2)cc1. The van der Waals surface area contributed by atoms with Crippen molar-refractivity contribution < 1.29 is 4.79 Å².